The van der Waals surface area contributed by atoms with Gasteiger partial charge in [-0.2, -0.15) is 63.1 Å². The Kier molecular flexibility index (Phi) is 94.7. The molecule has 0 aromatic rings. The Hall–Kier alpha value is 0.370. The number of thiol groups is 5. The molecular formula is C52H112N6S5. The maximum absolute atomic E-state index is 8.06. The Bertz CT molecular complexity index is 711. The summed E-state index contributed by atoms with van der Waals surface area (Å²) < 4.78 is 0. The molecule has 0 bridgehead atoms. The van der Waals surface area contributed by atoms with Gasteiger partial charge in [0.05, 0.1) is 0 Å². The summed E-state index contributed by atoms with van der Waals surface area (Å²) >= 11 is 20.9. The van der Waals surface area contributed by atoms with E-state index in [2.05, 4.69) is 104 Å². The fourth-order valence-electron chi connectivity index (χ4n) is 6.89. The maximum Gasteiger partial charge on any atom is 0.0257 e. The van der Waals surface area contributed by atoms with E-state index in [4.69, 9.17) is 11.1 Å². The molecule has 0 heterocycles. The monoisotopic (exact) mass is 981 g/mol. The van der Waals surface area contributed by atoms with Crippen LogP contribution in [0.1, 0.15) is 290 Å². The van der Waals surface area contributed by atoms with Gasteiger partial charge in [-0.3, -0.25) is 0 Å². The molecule has 0 aliphatic heterocycles. The second-order valence-corrected chi connectivity index (χ2v) is 19.6. The van der Waals surface area contributed by atoms with Crippen LogP contribution in [-0.4, -0.2) is 41.9 Å². The van der Waals surface area contributed by atoms with Crippen molar-refractivity contribution in [3.05, 3.63) is 20.9 Å². The summed E-state index contributed by atoms with van der Waals surface area (Å²) in [5.41, 5.74) is 16.1. The molecule has 0 unspecified atom stereocenters. The van der Waals surface area contributed by atoms with Crippen molar-refractivity contribution in [2.24, 2.45) is 10.2 Å². The highest BCUT2D eigenvalue weighted by atomic mass is 32.1. The van der Waals surface area contributed by atoms with E-state index in [9.17, 15) is 0 Å². The SMILES string of the molecule is CCCCCCCCCCS.CCCCCCCCCCS.CCCCCCCCCCS.[N-]=[N+]=NCCCCCCCCCCCS.[N-]=[N+]=NCCCCCCCCCCCS. The minimum absolute atomic E-state index is 0.665. The third kappa shape index (κ3) is 97.2. The standard InChI is InChI=1S/2C11H23N3S.3C10H22S/c2*12-14-13-10-8-6-4-2-1-3-5-7-9-11-15;3*1-2-3-4-5-6-7-8-9-10-11/h2*15H,1-11H2;3*11H,2-10H2,1H3. The van der Waals surface area contributed by atoms with Gasteiger partial charge in [0.1, 0.15) is 0 Å². The van der Waals surface area contributed by atoms with E-state index in [1.165, 1.54) is 257 Å². The average molecular weight is 982 g/mol. The molecule has 0 aromatic heterocycles. The lowest BCUT2D eigenvalue weighted by molar-refractivity contribution is 0.568. The molecule has 0 atom stereocenters. The highest BCUT2D eigenvalue weighted by Crippen LogP contribution is 2.13. The van der Waals surface area contributed by atoms with E-state index in [0.29, 0.717) is 13.1 Å². The van der Waals surface area contributed by atoms with Crippen molar-refractivity contribution < 1.29 is 0 Å². The molecule has 0 saturated carbocycles. The van der Waals surface area contributed by atoms with Crippen molar-refractivity contribution in [3.63, 3.8) is 0 Å². The highest BCUT2D eigenvalue weighted by Gasteiger charge is 1.94. The van der Waals surface area contributed by atoms with Gasteiger partial charge >= 0.3 is 0 Å². The average Bonchev–Trinajstić information content (AvgIpc) is 3.30. The molecular weight excluding hydrogens is 869 g/mol. The van der Waals surface area contributed by atoms with E-state index < -0.39 is 0 Å². The minimum atomic E-state index is 0.665. The minimum Gasteiger partial charge on any atom is -0.179 e. The molecule has 0 fully saturated rings. The summed E-state index contributed by atoms with van der Waals surface area (Å²) in [6.07, 6.45) is 56.7. The van der Waals surface area contributed by atoms with Gasteiger partial charge in [-0.15, -0.1) is 0 Å². The summed E-state index contributed by atoms with van der Waals surface area (Å²) in [6.45, 7) is 8.12. The quantitative estimate of drug-likeness (QED) is 0.0132. The predicted molar refractivity (Wildman–Crippen MR) is 308 cm³/mol. The van der Waals surface area contributed by atoms with Gasteiger partial charge in [-0.1, -0.05) is 256 Å². The largest absolute Gasteiger partial charge is 0.179 e. The molecule has 6 nitrogen and oxygen atoms in total. The van der Waals surface area contributed by atoms with Crippen LogP contribution >= 0.6 is 63.1 Å². The highest BCUT2D eigenvalue weighted by molar-refractivity contribution is 7.80. The van der Waals surface area contributed by atoms with E-state index >= 15 is 0 Å². The first-order valence-corrected chi connectivity index (χ1v) is 30.3. The zero-order valence-electron chi connectivity index (χ0n) is 42.6. The van der Waals surface area contributed by atoms with Crippen LogP contribution in [0.25, 0.3) is 20.9 Å². The number of nitrogens with zero attached hydrogens (tertiary/aromatic N) is 6. The zero-order chi connectivity index (χ0) is 47.5. The first-order valence-electron chi connectivity index (χ1n) is 27.1. The van der Waals surface area contributed by atoms with Crippen LogP contribution < -0.4 is 0 Å². The van der Waals surface area contributed by atoms with Gasteiger partial charge in [0.25, 0.3) is 0 Å². The van der Waals surface area contributed by atoms with Gasteiger partial charge in [0.15, 0.2) is 0 Å². The first kappa shape index (κ1) is 72.4. The van der Waals surface area contributed by atoms with Crippen LogP contribution in [-0.2, 0) is 0 Å². The summed E-state index contributed by atoms with van der Waals surface area (Å²) in [5.74, 6) is 5.25. The molecule has 0 spiro atoms. The molecule has 0 rings (SSSR count). The third-order valence-corrected chi connectivity index (χ3v) is 12.6. The second kappa shape index (κ2) is 82.5. The van der Waals surface area contributed by atoms with E-state index in [-0.39, 0.29) is 0 Å². The van der Waals surface area contributed by atoms with E-state index in [0.717, 1.165) is 41.6 Å². The summed E-state index contributed by atoms with van der Waals surface area (Å²) in [5, 5.41) is 7.03. The molecule has 380 valence electrons. The number of unbranched alkanes of at least 4 members (excludes halogenated alkanes) is 37. The van der Waals surface area contributed by atoms with Gasteiger partial charge in [-0.25, -0.2) is 0 Å². The third-order valence-electron chi connectivity index (χ3n) is 11.0. The lowest BCUT2D eigenvalue weighted by Crippen LogP contribution is -1.83. The van der Waals surface area contributed by atoms with E-state index in [1.54, 1.807) is 0 Å². The fourth-order valence-corrected chi connectivity index (χ4v) is 8.01. The first-order chi connectivity index (χ1) is 31.1. The lowest BCUT2D eigenvalue weighted by Gasteiger charge is -2.00. The van der Waals surface area contributed by atoms with Gasteiger partial charge < -0.3 is 0 Å². The van der Waals surface area contributed by atoms with Gasteiger partial charge in [-0.05, 0) is 84.8 Å². The smallest absolute Gasteiger partial charge is 0.0257 e. The summed E-state index contributed by atoms with van der Waals surface area (Å²) in [6, 6.07) is 0. The summed E-state index contributed by atoms with van der Waals surface area (Å²) in [4.78, 5) is 5.46. The summed E-state index contributed by atoms with van der Waals surface area (Å²) in [7, 11) is 0. The maximum atomic E-state index is 8.06. The van der Waals surface area contributed by atoms with Crippen molar-refractivity contribution >= 4 is 63.1 Å². The lowest BCUT2D eigenvalue weighted by atomic mass is 10.1. The zero-order valence-corrected chi connectivity index (χ0v) is 47.0. The van der Waals surface area contributed by atoms with Crippen LogP contribution in [0.4, 0.5) is 0 Å². The Morgan fingerprint density at radius 2 is 0.381 bits per heavy atom. The van der Waals surface area contributed by atoms with Crippen molar-refractivity contribution in [2.45, 2.75) is 290 Å². The Labute approximate surface area is 423 Å². The Morgan fingerprint density at radius 1 is 0.238 bits per heavy atom. The molecule has 0 aliphatic carbocycles. The molecule has 63 heavy (non-hydrogen) atoms. The molecule has 0 radical (unpaired) electrons. The van der Waals surface area contributed by atoms with Crippen molar-refractivity contribution in [1.29, 1.82) is 0 Å². The second-order valence-electron chi connectivity index (χ2n) is 17.3. The van der Waals surface area contributed by atoms with Crippen LogP contribution in [0.3, 0.4) is 0 Å². The topological polar surface area (TPSA) is 97.5 Å². The van der Waals surface area contributed by atoms with Crippen LogP contribution in [0.2, 0.25) is 0 Å². The van der Waals surface area contributed by atoms with Crippen LogP contribution in [0.15, 0.2) is 10.2 Å². The Morgan fingerprint density at radius 3 is 0.524 bits per heavy atom. The van der Waals surface area contributed by atoms with E-state index in [1.807, 2.05) is 0 Å². The van der Waals surface area contributed by atoms with Gasteiger partial charge in [0.2, 0.25) is 0 Å². The van der Waals surface area contributed by atoms with Crippen LogP contribution in [0.5, 0.6) is 0 Å². The number of hydrogen-bond acceptors (Lipinski definition) is 7. The molecule has 0 aliphatic rings. The van der Waals surface area contributed by atoms with Crippen molar-refractivity contribution in [3.8, 4) is 0 Å². The van der Waals surface area contributed by atoms with Crippen molar-refractivity contribution in [1.82, 2.24) is 0 Å². The Balaban J connectivity index is -0.000000224. The normalized spacial score (nSPS) is 10.2. The number of hydrogen-bond donors (Lipinski definition) is 5. The van der Waals surface area contributed by atoms with Crippen LogP contribution in [0, 0.1) is 0 Å². The predicted octanol–water partition coefficient (Wildman–Crippen LogP) is 21.6. The fraction of sp³-hybridized carbons (Fsp3) is 1.00. The number of rotatable bonds is 46. The molecule has 0 saturated heterocycles. The molecule has 0 aromatic carbocycles. The molecule has 0 amide bonds. The molecule has 0 N–H and O–H groups in total. The van der Waals surface area contributed by atoms with Gasteiger partial charge in [0, 0.05) is 22.9 Å². The number of azide groups is 2. The van der Waals surface area contributed by atoms with Crippen molar-refractivity contribution in [2.75, 3.05) is 41.9 Å². The molecule has 11 heteroatoms.